The number of rotatable bonds is 9. The van der Waals surface area contributed by atoms with Crippen molar-refractivity contribution < 1.29 is 9.53 Å². The summed E-state index contributed by atoms with van der Waals surface area (Å²) in [4.78, 5) is 29.2. The third kappa shape index (κ3) is 5.24. The Labute approximate surface area is 162 Å². The summed E-state index contributed by atoms with van der Waals surface area (Å²) in [7, 11) is 0. The van der Waals surface area contributed by atoms with E-state index in [0.717, 1.165) is 18.6 Å². The van der Waals surface area contributed by atoms with E-state index in [4.69, 9.17) is 4.74 Å². The van der Waals surface area contributed by atoms with Crippen molar-refractivity contribution in [1.82, 2.24) is 14.3 Å². The maximum atomic E-state index is 12.2. The number of ketones is 1. The Morgan fingerprint density at radius 3 is 3.11 bits per heavy atom. The minimum absolute atomic E-state index is 0.0167. The first-order valence-corrected chi connectivity index (χ1v) is 9.81. The third-order valence-electron chi connectivity index (χ3n) is 4.15. The number of pyridine rings is 1. The molecule has 2 aromatic rings. The highest BCUT2D eigenvalue weighted by Crippen LogP contribution is 2.15. The molecule has 2 aromatic heterocycles. The van der Waals surface area contributed by atoms with Crippen molar-refractivity contribution in [1.29, 1.82) is 0 Å². The molecule has 7 heteroatoms. The number of hydrogen-bond acceptors (Lipinski definition) is 6. The molecule has 1 aliphatic rings. The molecule has 0 unspecified atom stereocenters. The molecule has 27 heavy (non-hydrogen) atoms. The summed E-state index contributed by atoms with van der Waals surface area (Å²) in [6.07, 6.45) is 11.5. The lowest BCUT2D eigenvalue weighted by atomic mass is 10.1. The van der Waals surface area contributed by atoms with Crippen molar-refractivity contribution >= 4 is 27.5 Å². The van der Waals surface area contributed by atoms with Crippen LogP contribution in [0.2, 0.25) is 0 Å². The second kappa shape index (κ2) is 9.43. The van der Waals surface area contributed by atoms with Gasteiger partial charge in [-0.1, -0.05) is 17.7 Å². The Kier molecular flexibility index (Phi) is 6.73. The summed E-state index contributed by atoms with van der Waals surface area (Å²) < 4.78 is 6.97. The van der Waals surface area contributed by atoms with Gasteiger partial charge in [-0.15, -0.1) is 0 Å². The fraction of sp³-hybridized carbons (Fsp3) is 0.350. The number of carbonyl (C=O) groups excluding carboxylic acids is 1. The zero-order valence-electron chi connectivity index (χ0n) is 15.3. The normalized spacial score (nSPS) is 14.0. The largest absolute Gasteiger partial charge is 0.494 e. The van der Waals surface area contributed by atoms with Crippen LogP contribution in [-0.4, -0.2) is 34.4 Å². The molecular weight excluding hydrogens is 362 g/mol. The lowest BCUT2D eigenvalue weighted by Gasteiger charge is -2.06. The molecule has 3 rings (SSSR count). The molecule has 6 nitrogen and oxygen atoms in total. The standard InChI is InChI=1S/C20H23N3O3S/c1-2-26-17-6-3-5-15(8-9-17)10-12-21-13-16(24)14-23-20(25)18-7-4-11-22-19(18)27-23/h3-4,6-9,11,21H,2,5,10,12-14H2,1H3. The Morgan fingerprint density at radius 1 is 1.41 bits per heavy atom. The van der Waals surface area contributed by atoms with Crippen molar-refractivity contribution in [2.24, 2.45) is 0 Å². The average Bonchev–Trinajstić information content (AvgIpc) is 2.83. The van der Waals surface area contributed by atoms with Crippen LogP contribution >= 0.6 is 11.5 Å². The van der Waals surface area contributed by atoms with Gasteiger partial charge in [0.25, 0.3) is 5.56 Å². The summed E-state index contributed by atoms with van der Waals surface area (Å²) >= 11 is 1.23. The molecule has 142 valence electrons. The number of Topliss-reactive ketones (excluding diaryl/α,β-unsaturated/α-hetero) is 1. The first-order valence-electron chi connectivity index (χ1n) is 9.03. The highest BCUT2D eigenvalue weighted by molar-refractivity contribution is 7.13. The monoisotopic (exact) mass is 385 g/mol. The van der Waals surface area contributed by atoms with Crippen molar-refractivity contribution in [3.8, 4) is 0 Å². The SMILES string of the molecule is CCOC1=CC=C(CCNCC(=O)Cn2sc3ncccc3c2=O)CC=C1. The molecule has 0 aromatic carbocycles. The number of nitrogens with one attached hydrogen (secondary N) is 1. The molecule has 1 N–H and O–H groups in total. The van der Waals surface area contributed by atoms with E-state index in [1.165, 1.54) is 21.1 Å². The van der Waals surface area contributed by atoms with Gasteiger partial charge in [-0.05, 0) is 62.1 Å². The number of nitrogens with zero attached hydrogens (tertiary/aromatic N) is 2. The minimum atomic E-state index is -0.149. The average molecular weight is 385 g/mol. The van der Waals surface area contributed by atoms with Gasteiger partial charge in [-0.2, -0.15) is 0 Å². The second-order valence-electron chi connectivity index (χ2n) is 6.19. The molecule has 0 aliphatic heterocycles. The highest BCUT2D eigenvalue weighted by atomic mass is 32.1. The van der Waals surface area contributed by atoms with E-state index in [1.807, 2.05) is 19.1 Å². The smallest absolute Gasteiger partial charge is 0.270 e. The summed E-state index contributed by atoms with van der Waals surface area (Å²) in [6.45, 7) is 3.67. The predicted molar refractivity (Wildman–Crippen MR) is 108 cm³/mol. The van der Waals surface area contributed by atoms with Crippen LogP contribution in [0.5, 0.6) is 0 Å². The van der Waals surface area contributed by atoms with Crippen molar-refractivity contribution in [3.63, 3.8) is 0 Å². The number of ether oxygens (including phenoxy) is 1. The quantitative estimate of drug-likeness (QED) is 0.672. The number of hydrogen-bond donors (Lipinski definition) is 1. The summed E-state index contributed by atoms with van der Waals surface area (Å²) in [5, 5.41) is 3.74. The second-order valence-corrected chi connectivity index (χ2v) is 7.20. The zero-order chi connectivity index (χ0) is 19.1. The van der Waals surface area contributed by atoms with Gasteiger partial charge in [0, 0.05) is 6.20 Å². The molecule has 1 aliphatic carbocycles. The van der Waals surface area contributed by atoms with Gasteiger partial charge >= 0.3 is 0 Å². The Balaban J connectivity index is 1.45. The molecule has 0 fully saturated rings. The van der Waals surface area contributed by atoms with Gasteiger partial charge in [0.1, 0.15) is 10.6 Å². The van der Waals surface area contributed by atoms with Gasteiger partial charge in [0.2, 0.25) is 0 Å². The first-order chi connectivity index (χ1) is 13.2. The summed E-state index contributed by atoms with van der Waals surface area (Å²) in [5.74, 6) is 0.857. The van der Waals surface area contributed by atoms with E-state index in [0.29, 0.717) is 23.4 Å². The number of fused-ring (bicyclic) bond motifs is 1. The van der Waals surface area contributed by atoms with Crippen molar-refractivity contribution in [2.45, 2.75) is 26.3 Å². The number of carbonyl (C=O) groups is 1. The fourth-order valence-corrected chi connectivity index (χ4v) is 3.76. The maximum Gasteiger partial charge on any atom is 0.270 e. The van der Waals surface area contributed by atoms with Crippen LogP contribution in [0, 0.1) is 0 Å². The molecule has 0 amide bonds. The first kappa shape index (κ1) is 19.3. The van der Waals surface area contributed by atoms with Crippen molar-refractivity contribution in [2.75, 3.05) is 19.7 Å². The fourth-order valence-electron chi connectivity index (χ4n) is 2.80. The van der Waals surface area contributed by atoms with Crippen LogP contribution in [0.3, 0.4) is 0 Å². The lowest BCUT2D eigenvalue weighted by Crippen LogP contribution is -2.29. The van der Waals surface area contributed by atoms with E-state index >= 15 is 0 Å². The van der Waals surface area contributed by atoms with Crippen LogP contribution in [0.25, 0.3) is 10.2 Å². The van der Waals surface area contributed by atoms with Crippen molar-refractivity contribution in [3.05, 3.63) is 64.3 Å². The van der Waals surface area contributed by atoms with Crippen LogP contribution in [0.1, 0.15) is 19.8 Å². The van der Waals surface area contributed by atoms with Gasteiger partial charge in [0.15, 0.2) is 5.78 Å². The molecule has 0 saturated carbocycles. The number of aromatic nitrogens is 2. The van der Waals surface area contributed by atoms with Crippen LogP contribution < -0.4 is 10.9 Å². The predicted octanol–water partition coefficient (Wildman–Crippen LogP) is 2.81. The van der Waals surface area contributed by atoms with E-state index in [2.05, 4.69) is 22.5 Å². The molecular formula is C20H23N3O3S. The van der Waals surface area contributed by atoms with Gasteiger partial charge in [0.05, 0.1) is 25.1 Å². The van der Waals surface area contributed by atoms with Crippen LogP contribution in [-0.2, 0) is 16.1 Å². The maximum absolute atomic E-state index is 12.2. The molecule has 0 radical (unpaired) electrons. The molecule has 0 atom stereocenters. The van der Waals surface area contributed by atoms with Crippen LogP contribution in [0.4, 0.5) is 0 Å². The topological polar surface area (TPSA) is 73.2 Å². The Bertz CT molecular complexity index is 953. The number of allylic oxidation sites excluding steroid dienone is 4. The van der Waals surface area contributed by atoms with Gasteiger partial charge < -0.3 is 10.1 Å². The van der Waals surface area contributed by atoms with Crippen LogP contribution in [0.15, 0.2) is 58.8 Å². The van der Waals surface area contributed by atoms with E-state index in [1.54, 1.807) is 18.3 Å². The zero-order valence-corrected chi connectivity index (χ0v) is 16.1. The van der Waals surface area contributed by atoms with Gasteiger partial charge in [-0.25, -0.2) is 4.98 Å². The van der Waals surface area contributed by atoms with E-state index < -0.39 is 0 Å². The molecule has 0 spiro atoms. The summed E-state index contributed by atoms with van der Waals surface area (Å²) in [6, 6.07) is 3.47. The summed E-state index contributed by atoms with van der Waals surface area (Å²) in [5.41, 5.74) is 1.14. The third-order valence-corrected chi connectivity index (χ3v) is 5.16. The minimum Gasteiger partial charge on any atom is -0.494 e. The molecule has 0 bridgehead atoms. The Hall–Kier alpha value is -2.51. The van der Waals surface area contributed by atoms with Gasteiger partial charge in [-0.3, -0.25) is 13.5 Å². The van der Waals surface area contributed by atoms with E-state index in [-0.39, 0.29) is 24.4 Å². The molecule has 0 saturated heterocycles. The van der Waals surface area contributed by atoms with E-state index in [9.17, 15) is 9.59 Å². The Morgan fingerprint density at radius 2 is 2.30 bits per heavy atom. The molecule has 2 heterocycles. The highest BCUT2D eigenvalue weighted by Gasteiger charge is 2.11. The lowest BCUT2D eigenvalue weighted by molar-refractivity contribution is -0.118.